The minimum atomic E-state index is -2.83. The smallest absolute Gasteiger partial charge is 0.415 e. The molecule has 0 aromatic carbocycles. The van der Waals surface area contributed by atoms with Gasteiger partial charge in [0.1, 0.15) is 17.2 Å². The first-order valence-corrected chi connectivity index (χ1v) is 14.4. The lowest BCUT2D eigenvalue weighted by molar-refractivity contribution is -0.123. The number of pyridine rings is 2. The molecule has 0 bridgehead atoms. The summed E-state index contributed by atoms with van der Waals surface area (Å²) in [6.45, 7) is 0.859. The van der Waals surface area contributed by atoms with Crippen molar-refractivity contribution in [1.29, 1.82) is 0 Å². The lowest BCUT2D eigenvalue weighted by atomic mass is 10.2. The van der Waals surface area contributed by atoms with Crippen molar-refractivity contribution in [3.8, 4) is 0 Å². The Morgan fingerprint density at radius 1 is 1.27 bits per heavy atom. The fourth-order valence-corrected chi connectivity index (χ4v) is 6.06. The summed E-state index contributed by atoms with van der Waals surface area (Å²) in [5.74, 6) is -0.0555. The van der Waals surface area contributed by atoms with Gasteiger partial charge in [-0.2, -0.15) is 5.10 Å². The minimum Gasteiger partial charge on any atom is -0.453 e. The van der Waals surface area contributed by atoms with Gasteiger partial charge >= 0.3 is 17.9 Å². The number of nitrogens with one attached hydrogen (secondary N) is 2. The number of methoxy groups -OCH3 is 1. The molecule has 4 aromatic rings. The fraction of sp³-hybridized carbons (Fsp3) is 0.483. The zero-order chi connectivity index (χ0) is 35.6. The molecule has 2 aliphatic rings. The molecule has 4 aromatic heterocycles. The van der Waals surface area contributed by atoms with E-state index in [0.29, 0.717) is 22.8 Å². The number of carbonyl (C=O) groups is 3. The predicted molar refractivity (Wildman–Crippen MR) is 164 cm³/mol. The molecular formula is C29H36N10O6. The van der Waals surface area contributed by atoms with Gasteiger partial charge in [-0.3, -0.25) is 18.8 Å². The van der Waals surface area contributed by atoms with Crippen molar-refractivity contribution >= 4 is 57.6 Å². The number of amides is 3. The molecule has 0 aliphatic heterocycles. The highest BCUT2D eigenvalue weighted by Crippen LogP contribution is 2.51. The van der Waals surface area contributed by atoms with E-state index in [1.165, 1.54) is 40.6 Å². The van der Waals surface area contributed by atoms with Crippen LogP contribution >= 0.6 is 0 Å². The summed E-state index contributed by atoms with van der Waals surface area (Å²) in [6, 6.07) is 2.74. The third-order valence-electron chi connectivity index (χ3n) is 8.55. The van der Waals surface area contributed by atoms with Crippen molar-refractivity contribution in [3.05, 3.63) is 34.9 Å². The van der Waals surface area contributed by atoms with E-state index in [0.717, 1.165) is 0 Å². The van der Waals surface area contributed by atoms with Crippen LogP contribution in [0.2, 0.25) is 0 Å². The molecule has 0 radical (unpaired) electrons. The van der Waals surface area contributed by atoms with Gasteiger partial charge in [0.15, 0.2) is 11.5 Å². The maximum absolute atomic E-state index is 13.6. The zero-order valence-corrected chi connectivity index (χ0v) is 25.2. The Bertz CT molecular complexity index is 2060. The SMILES string of the molecule is [2H]C([2H])([2H])n1c(=O)n([C@@H]2CC[C@@]([2H])(NC(=O)OC)C2)c2cc(Nc3ccc4c(N(C)C(=O)OCC)nn([C@@]5(C(N)=O)C[C@@H]5C)c4n3)ncc21. The lowest BCUT2D eigenvalue weighted by Gasteiger charge is -2.15. The summed E-state index contributed by atoms with van der Waals surface area (Å²) in [5, 5.41) is 10.6. The molecule has 16 nitrogen and oxygen atoms in total. The van der Waals surface area contributed by atoms with Crippen molar-refractivity contribution < 1.29 is 29.3 Å². The summed E-state index contributed by atoms with van der Waals surface area (Å²) in [4.78, 5) is 61.1. The van der Waals surface area contributed by atoms with E-state index in [2.05, 4.69) is 25.5 Å². The number of carbonyl (C=O) groups excluding carboxylic acids is 3. The average molecular weight is 625 g/mol. The molecule has 16 heteroatoms. The van der Waals surface area contributed by atoms with Crippen LogP contribution in [-0.4, -0.2) is 73.8 Å². The molecule has 2 saturated carbocycles. The normalized spacial score (nSPS) is 25.6. The second-order valence-electron chi connectivity index (χ2n) is 11.2. The average Bonchev–Trinajstić information content (AvgIpc) is 3.27. The number of ether oxygens (including phenoxy) is 2. The van der Waals surface area contributed by atoms with Crippen molar-refractivity contribution in [2.45, 2.75) is 57.1 Å². The van der Waals surface area contributed by atoms with Crippen molar-refractivity contribution in [1.82, 2.24) is 34.2 Å². The Kier molecular flexibility index (Phi) is 6.21. The number of alkyl carbamates (subject to hydrolysis) is 1. The molecular weight excluding hydrogens is 584 g/mol. The summed E-state index contributed by atoms with van der Waals surface area (Å²) in [7, 11) is 2.68. The highest BCUT2D eigenvalue weighted by Gasteiger charge is 2.60. The van der Waals surface area contributed by atoms with Crippen LogP contribution < -0.4 is 27.0 Å². The van der Waals surface area contributed by atoms with Gasteiger partial charge in [-0.15, -0.1) is 0 Å². The lowest BCUT2D eigenvalue weighted by Crippen LogP contribution is -2.37. The van der Waals surface area contributed by atoms with Gasteiger partial charge in [-0.05, 0) is 50.7 Å². The maximum Gasteiger partial charge on any atom is 0.415 e. The zero-order valence-electron chi connectivity index (χ0n) is 29.2. The highest BCUT2D eigenvalue weighted by atomic mass is 16.6. The molecule has 0 unspecified atom stereocenters. The standard InChI is InChI=1S/C29H36N10O6/c1-6-45-28(43)37(4)24-18-9-10-21(34-23(18)39(35-24)29(25(30)40)13-15(29)2)33-22-12-19-20(14-31-22)36(3)27(42)38(19)17-8-7-16(11-17)32-26(41)44-5/h9-10,12,14-17H,6-8,11,13H2,1-5H3,(H2,30,40)(H,32,41)(H,31,33,34)/t15-,16+,17+,29-/m0/s1/i3D3,16D. The van der Waals surface area contributed by atoms with Crippen LogP contribution in [0.15, 0.2) is 29.2 Å². The van der Waals surface area contributed by atoms with Gasteiger partial charge in [-0.25, -0.2) is 29.0 Å². The molecule has 0 saturated heterocycles. The van der Waals surface area contributed by atoms with Crippen molar-refractivity contribution in [3.63, 3.8) is 0 Å². The number of hydrogen-bond acceptors (Lipinski definition) is 10. The van der Waals surface area contributed by atoms with Crippen LogP contribution in [0.5, 0.6) is 0 Å². The quantitative estimate of drug-likeness (QED) is 0.262. The van der Waals surface area contributed by atoms with Crippen molar-refractivity contribution in [2.75, 3.05) is 31.0 Å². The third kappa shape index (κ3) is 4.89. The topological polar surface area (TPSA) is 194 Å². The predicted octanol–water partition coefficient (Wildman–Crippen LogP) is 2.49. The molecule has 45 heavy (non-hydrogen) atoms. The van der Waals surface area contributed by atoms with Crippen LogP contribution in [0.25, 0.3) is 22.1 Å². The highest BCUT2D eigenvalue weighted by molar-refractivity contribution is 5.99. The van der Waals surface area contributed by atoms with Crippen LogP contribution in [0, 0.1) is 5.92 Å². The first kappa shape index (κ1) is 25.2. The number of aryl methyl sites for hydroxylation is 1. The van der Waals surface area contributed by atoms with Gasteiger partial charge < -0.3 is 25.8 Å². The number of rotatable bonds is 8. The van der Waals surface area contributed by atoms with Gasteiger partial charge in [-0.1, -0.05) is 6.92 Å². The monoisotopic (exact) mass is 624 g/mol. The van der Waals surface area contributed by atoms with Gasteiger partial charge in [0.25, 0.3) is 0 Å². The minimum absolute atomic E-state index is 0.0258. The van der Waals surface area contributed by atoms with Crippen LogP contribution in [0.1, 0.15) is 51.1 Å². The molecule has 0 spiro atoms. The largest absolute Gasteiger partial charge is 0.453 e. The van der Waals surface area contributed by atoms with E-state index in [1.54, 1.807) is 19.1 Å². The number of hydrogen-bond donors (Lipinski definition) is 3. The molecule has 238 valence electrons. The van der Waals surface area contributed by atoms with Crippen molar-refractivity contribution in [2.24, 2.45) is 18.6 Å². The Labute approximate surface area is 263 Å². The number of imidazole rings is 1. The van der Waals surface area contributed by atoms with Crippen LogP contribution in [0.4, 0.5) is 27.0 Å². The molecule has 2 aliphatic carbocycles. The Morgan fingerprint density at radius 2 is 2.04 bits per heavy atom. The summed E-state index contributed by atoms with van der Waals surface area (Å²) >= 11 is 0. The van der Waals surface area contributed by atoms with Gasteiger partial charge in [0.2, 0.25) is 5.91 Å². The number of fused-ring (bicyclic) bond motifs is 2. The third-order valence-corrected chi connectivity index (χ3v) is 8.55. The number of primary amides is 1. The molecule has 4 N–H and O–H groups in total. The maximum atomic E-state index is 13.6. The van der Waals surface area contributed by atoms with Gasteiger partial charge in [0.05, 0.1) is 37.7 Å². The number of nitrogens with zero attached hydrogens (tertiary/aromatic N) is 7. The second-order valence-corrected chi connectivity index (χ2v) is 11.2. The Balaban J connectivity index is 1.42. The van der Waals surface area contributed by atoms with E-state index in [4.69, 9.17) is 20.9 Å². The first-order valence-electron chi connectivity index (χ1n) is 16.4. The molecule has 6 rings (SSSR count). The Hall–Kier alpha value is -5.15. The summed E-state index contributed by atoms with van der Waals surface area (Å²) in [6.07, 6.45) is 0.792. The van der Waals surface area contributed by atoms with Crippen LogP contribution in [0.3, 0.4) is 0 Å². The van der Waals surface area contributed by atoms with E-state index in [1.807, 2.05) is 6.92 Å². The molecule has 2 fully saturated rings. The number of aromatic nitrogens is 6. The molecule has 4 atom stereocenters. The van der Waals surface area contributed by atoms with Crippen LogP contribution in [-0.2, 0) is 26.8 Å². The number of nitrogens with two attached hydrogens (primary N) is 1. The number of anilines is 3. The molecule has 4 heterocycles. The molecule has 3 amide bonds. The fourth-order valence-electron chi connectivity index (χ4n) is 6.06. The summed E-state index contributed by atoms with van der Waals surface area (Å²) in [5.41, 5.74) is 4.45. The second kappa shape index (κ2) is 11.1. The Morgan fingerprint density at radius 3 is 2.71 bits per heavy atom. The van der Waals surface area contributed by atoms with E-state index in [-0.39, 0.29) is 59.5 Å². The van der Waals surface area contributed by atoms with E-state index in [9.17, 15) is 19.2 Å². The van der Waals surface area contributed by atoms with Gasteiger partial charge in [0, 0.05) is 36.3 Å². The van der Waals surface area contributed by atoms with E-state index < -0.39 is 48.4 Å². The first-order chi connectivity index (χ1) is 23.0. The summed E-state index contributed by atoms with van der Waals surface area (Å²) < 4.78 is 46.0. The van der Waals surface area contributed by atoms with E-state index >= 15 is 0 Å².